The van der Waals surface area contributed by atoms with Crippen molar-refractivity contribution < 1.29 is 0 Å². The lowest BCUT2D eigenvalue weighted by Gasteiger charge is -2.06. The van der Waals surface area contributed by atoms with Crippen molar-refractivity contribution in [3.8, 4) is 0 Å². The van der Waals surface area contributed by atoms with Crippen LogP contribution in [0.15, 0.2) is 35.6 Å². The van der Waals surface area contributed by atoms with Crippen LogP contribution in [-0.4, -0.2) is 6.54 Å². The molecule has 0 saturated carbocycles. The van der Waals surface area contributed by atoms with E-state index in [9.17, 15) is 0 Å². The number of hydrazine groups is 1. The molecule has 1 rings (SSSR count). The molecule has 1 heterocycles. The maximum Gasteiger partial charge on any atom is 0.0498 e. The Morgan fingerprint density at radius 1 is 1.54 bits per heavy atom. The van der Waals surface area contributed by atoms with Crippen molar-refractivity contribution >= 4 is 0 Å². The summed E-state index contributed by atoms with van der Waals surface area (Å²) in [5.41, 5.74) is 10.1. The van der Waals surface area contributed by atoms with Crippen LogP contribution in [0.25, 0.3) is 0 Å². The molecular formula is C11H18N2. The molecule has 1 aliphatic heterocycles. The van der Waals surface area contributed by atoms with Gasteiger partial charge >= 0.3 is 0 Å². The SMILES string of the molecule is C=C/C(C)=C\C1=C(C(C)C)CNN1. The maximum absolute atomic E-state index is 3.73. The highest BCUT2D eigenvalue weighted by Crippen LogP contribution is 2.17. The summed E-state index contributed by atoms with van der Waals surface area (Å²) in [6, 6.07) is 0. The molecule has 0 fully saturated rings. The van der Waals surface area contributed by atoms with Crippen LogP contribution in [0.5, 0.6) is 0 Å². The molecular weight excluding hydrogens is 160 g/mol. The van der Waals surface area contributed by atoms with E-state index in [0.717, 1.165) is 6.54 Å². The molecule has 1 aliphatic rings. The number of nitrogens with one attached hydrogen (secondary N) is 2. The minimum absolute atomic E-state index is 0.589. The molecule has 2 heteroatoms. The fourth-order valence-electron chi connectivity index (χ4n) is 1.34. The highest BCUT2D eigenvalue weighted by atomic mass is 15.4. The van der Waals surface area contributed by atoms with Gasteiger partial charge in [-0.2, -0.15) is 0 Å². The zero-order valence-corrected chi connectivity index (χ0v) is 8.65. The molecule has 0 unspecified atom stereocenters. The fourth-order valence-corrected chi connectivity index (χ4v) is 1.34. The molecule has 0 radical (unpaired) electrons. The van der Waals surface area contributed by atoms with E-state index >= 15 is 0 Å². The van der Waals surface area contributed by atoms with Crippen LogP contribution in [0.1, 0.15) is 20.8 Å². The maximum atomic E-state index is 3.73. The van der Waals surface area contributed by atoms with Crippen LogP contribution in [0.2, 0.25) is 0 Å². The van der Waals surface area contributed by atoms with E-state index in [4.69, 9.17) is 0 Å². The number of hydrogen-bond donors (Lipinski definition) is 2. The lowest BCUT2D eigenvalue weighted by Crippen LogP contribution is -2.23. The van der Waals surface area contributed by atoms with Gasteiger partial charge in [0.2, 0.25) is 0 Å². The topological polar surface area (TPSA) is 24.1 Å². The van der Waals surface area contributed by atoms with E-state index in [1.807, 2.05) is 6.08 Å². The summed E-state index contributed by atoms with van der Waals surface area (Å²) in [5, 5.41) is 0. The largest absolute Gasteiger partial charge is 0.321 e. The third-order valence-electron chi connectivity index (χ3n) is 2.24. The molecule has 0 amide bonds. The van der Waals surface area contributed by atoms with E-state index < -0.39 is 0 Å². The molecule has 0 aliphatic carbocycles. The second kappa shape index (κ2) is 4.28. The Kier molecular flexibility index (Phi) is 3.32. The van der Waals surface area contributed by atoms with Gasteiger partial charge in [0.05, 0.1) is 0 Å². The Bertz CT molecular complexity index is 259. The van der Waals surface area contributed by atoms with Crippen molar-refractivity contribution in [3.63, 3.8) is 0 Å². The lowest BCUT2D eigenvalue weighted by molar-refractivity contribution is 0.682. The van der Waals surface area contributed by atoms with Crippen molar-refractivity contribution in [1.82, 2.24) is 10.9 Å². The van der Waals surface area contributed by atoms with E-state index in [1.165, 1.54) is 16.8 Å². The minimum Gasteiger partial charge on any atom is -0.321 e. The Morgan fingerprint density at radius 2 is 2.23 bits per heavy atom. The molecule has 0 aromatic carbocycles. The Labute approximate surface area is 80.4 Å². The second-order valence-corrected chi connectivity index (χ2v) is 3.66. The van der Waals surface area contributed by atoms with Gasteiger partial charge < -0.3 is 5.43 Å². The predicted molar refractivity (Wildman–Crippen MR) is 57.0 cm³/mol. The molecule has 0 saturated heterocycles. The summed E-state index contributed by atoms with van der Waals surface area (Å²) in [6.45, 7) is 11.1. The first-order valence-corrected chi connectivity index (χ1v) is 4.67. The third-order valence-corrected chi connectivity index (χ3v) is 2.24. The van der Waals surface area contributed by atoms with Crippen molar-refractivity contribution in [2.45, 2.75) is 20.8 Å². The summed E-state index contributed by atoms with van der Waals surface area (Å²) in [7, 11) is 0. The van der Waals surface area contributed by atoms with Crippen molar-refractivity contribution in [2.24, 2.45) is 5.92 Å². The fraction of sp³-hybridized carbons (Fsp3) is 0.455. The number of allylic oxidation sites excluding steroid dienone is 3. The van der Waals surface area contributed by atoms with Gasteiger partial charge in [-0.3, -0.25) is 0 Å². The zero-order valence-electron chi connectivity index (χ0n) is 8.65. The van der Waals surface area contributed by atoms with Crippen LogP contribution >= 0.6 is 0 Å². The van der Waals surface area contributed by atoms with Crippen molar-refractivity contribution in [3.05, 3.63) is 35.6 Å². The van der Waals surface area contributed by atoms with Gasteiger partial charge in [0.15, 0.2) is 0 Å². The number of rotatable bonds is 3. The van der Waals surface area contributed by atoms with E-state index in [0.29, 0.717) is 5.92 Å². The smallest absolute Gasteiger partial charge is 0.0498 e. The predicted octanol–water partition coefficient (Wildman–Crippen LogP) is 2.14. The van der Waals surface area contributed by atoms with Gasteiger partial charge in [-0.1, -0.05) is 26.5 Å². The molecule has 13 heavy (non-hydrogen) atoms. The van der Waals surface area contributed by atoms with Crippen molar-refractivity contribution in [2.75, 3.05) is 6.54 Å². The molecule has 0 aromatic rings. The van der Waals surface area contributed by atoms with Gasteiger partial charge in [-0.25, -0.2) is 5.43 Å². The first-order valence-electron chi connectivity index (χ1n) is 4.67. The average molecular weight is 178 g/mol. The zero-order chi connectivity index (χ0) is 9.84. The van der Waals surface area contributed by atoms with Crippen LogP contribution in [-0.2, 0) is 0 Å². The van der Waals surface area contributed by atoms with Gasteiger partial charge in [-0.05, 0) is 30.1 Å². The Hall–Kier alpha value is -1.02. The normalized spacial score (nSPS) is 18.0. The van der Waals surface area contributed by atoms with Crippen LogP contribution < -0.4 is 10.9 Å². The quantitative estimate of drug-likeness (QED) is 0.647. The molecule has 0 aromatic heterocycles. The third kappa shape index (κ3) is 2.46. The van der Waals surface area contributed by atoms with Gasteiger partial charge in [0.1, 0.15) is 0 Å². The van der Waals surface area contributed by atoms with Crippen LogP contribution in [0.3, 0.4) is 0 Å². The summed E-state index contributed by atoms with van der Waals surface area (Å²) in [5.74, 6) is 0.589. The molecule has 0 bridgehead atoms. The number of hydrogen-bond acceptors (Lipinski definition) is 2. The second-order valence-electron chi connectivity index (χ2n) is 3.66. The van der Waals surface area contributed by atoms with Gasteiger partial charge in [0, 0.05) is 12.2 Å². The van der Waals surface area contributed by atoms with Gasteiger partial charge in [-0.15, -0.1) is 0 Å². The summed E-state index contributed by atoms with van der Waals surface area (Å²) < 4.78 is 0. The Morgan fingerprint density at radius 3 is 2.77 bits per heavy atom. The highest BCUT2D eigenvalue weighted by Gasteiger charge is 2.14. The summed E-state index contributed by atoms with van der Waals surface area (Å²) >= 11 is 0. The first-order chi connectivity index (χ1) is 6.15. The highest BCUT2D eigenvalue weighted by molar-refractivity contribution is 5.34. The first kappa shape index (κ1) is 10.1. The minimum atomic E-state index is 0.589. The molecule has 2 nitrogen and oxygen atoms in total. The average Bonchev–Trinajstić information content (AvgIpc) is 2.52. The molecule has 72 valence electrons. The monoisotopic (exact) mass is 178 g/mol. The Balaban J connectivity index is 2.88. The van der Waals surface area contributed by atoms with Crippen LogP contribution in [0.4, 0.5) is 0 Å². The van der Waals surface area contributed by atoms with Gasteiger partial charge in [0.25, 0.3) is 0 Å². The van der Waals surface area contributed by atoms with E-state index in [2.05, 4.69) is 44.3 Å². The molecule has 0 atom stereocenters. The van der Waals surface area contributed by atoms with Crippen LogP contribution in [0, 0.1) is 5.92 Å². The summed E-state index contributed by atoms with van der Waals surface area (Å²) in [6.07, 6.45) is 3.99. The van der Waals surface area contributed by atoms with E-state index in [-0.39, 0.29) is 0 Å². The lowest BCUT2D eigenvalue weighted by atomic mass is 10.0. The summed E-state index contributed by atoms with van der Waals surface area (Å²) in [4.78, 5) is 0. The van der Waals surface area contributed by atoms with E-state index in [1.54, 1.807) is 0 Å². The van der Waals surface area contributed by atoms with Crippen molar-refractivity contribution in [1.29, 1.82) is 0 Å². The molecule has 2 N–H and O–H groups in total. The molecule has 0 spiro atoms. The standard InChI is InChI=1S/C11H18N2/c1-5-9(4)6-11-10(8(2)3)7-12-13-11/h5-6,8,12-13H,1,7H2,2-4H3/b9-6-.